The molecule has 0 aromatic carbocycles. The average molecular weight is 333 g/mol. The highest BCUT2D eigenvalue weighted by Crippen LogP contribution is 2.31. The monoisotopic (exact) mass is 332 g/mol. The van der Waals surface area contributed by atoms with Crippen LogP contribution in [0.5, 0.6) is 0 Å². The Balaban J connectivity index is 2.08. The second-order valence-electron chi connectivity index (χ2n) is 3.51. The number of hydrogen-bond donors (Lipinski definition) is 1. The summed E-state index contributed by atoms with van der Waals surface area (Å²) in [4.78, 5) is 16.2. The summed E-state index contributed by atoms with van der Waals surface area (Å²) in [6.07, 6.45) is 1.62. The van der Waals surface area contributed by atoms with Gasteiger partial charge in [0.2, 0.25) is 0 Å². The van der Waals surface area contributed by atoms with Gasteiger partial charge in [0.1, 0.15) is 4.34 Å². The number of nitrogens with zero attached hydrogens (tertiary/aromatic N) is 1. The van der Waals surface area contributed by atoms with Gasteiger partial charge in [0.05, 0.1) is 26.8 Å². The van der Waals surface area contributed by atoms with E-state index in [1.54, 1.807) is 24.0 Å². The van der Waals surface area contributed by atoms with E-state index in [2.05, 4.69) is 17.2 Å². The number of pyridine rings is 1. The standard InChI is InChI=1S/C12H10Cl2N2OS2/c1-2-18-10-4-3-7(6-15-10)16-12(17)8-5-9(13)19-11(8)14/h3-6H,2H2,1H3,(H,16,17). The maximum absolute atomic E-state index is 12.0. The Hall–Kier alpha value is -0.750. The van der Waals surface area contributed by atoms with Gasteiger partial charge in [0.25, 0.3) is 5.91 Å². The number of rotatable bonds is 4. The molecule has 2 aromatic rings. The van der Waals surface area contributed by atoms with Gasteiger partial charge < -0.3 is 5.32 Å². The summed E-state index contributed by atoms with van der Waals surface area (Å²) in [5, 5.41) is 3.66. The van der Waals surface area contributed by atoms with Gasteiger partial charge >= 0.3 is 0 Å². The maximum atomic E-state index is 12.0. The van der Waals surface area contributed by atoms with Crippen LogP contribution in [0, 0.1) is 0 Å². The molecule has 2 rings (SSSR count). The van der Waals surface area contributed by atoms with Crippen LogP contribution in [0.3, 0.4) is 0 Å². The van der Waals surface area contributed by atoms with Gasteiger partial charge in [-0.2, -0.15) is 0 Å². The molecule has 100 valence electrons. The number of carbonyl (C=O) groups excluding carboxylic acids is 1. The fourth-order valence-electron chi connectivity index (χ4n) is 1.38. The number of thiophene rings is 1. The molecule has 0 unspecified atom stereocenters. The van der Waals surface area contributed by atoms with Crippen molar-refractivity contribution in [1.82, 2.24) is 4.98 Å². The Morgan fingerprint density at radius 2 is 2.26 bits per heavy atom. The first-order valence-electron chi connectivity index (χ1n) is 5.45. The summed E-state index contributed by atoms with van der Waals surface area (Å²) in [5.41, 5.74) is 1.01. The predicted molar refractivity (Wildman–Crippen MR) is 82.9 cm³/mol. The molecule has 0 aliphatic heterocycles. The van der Waals surface area contributed by atoms with Crippen molar-refractivity contribution in [3.05, 3.63) is 38.6 Å². The maximum Gasteiger partial charge on any atom is 0.258 e. The van der Waals surface area contributed by atoms with Crippen LogP contribution in [-0.2, 0) is 0 Å². The highest BCUT2D eigenvalue weighted by atomic mass is 35.5. The van der Waals surface area contributed by atoms with Crippen LogP contribution in [0.25, 0.3) is 0 Å². The molecule has 0 aliphatic carbocycles. The van der Waals surface area contributed by atoms with E-state index in [1.807, 2.05) is 12.1 Å². The molecule has 0 aliphatic rings. The molecule has 0 bridgehead atoms. The Morgan fingerprint density at radius 1 is 1.47 bits per heavy atom. The Labute approximate surface area is 129 Å². The summed E-state index contributed by atoms with van der Waals surface area (Å²) in [6.45, 7) is 2.06. The van der Waals surface area contributed by atoms with Gasteiger partial charge in [-0.05, 0) is 24.0 Å². The summed E-state index contributed by atoms with van der Waals surface area (Å²) in [7, 11) is 0. The number of thioether (sulfide) groups is 1. The summed E-state index contributed by atoms with van der Waals surface area (Å²) >= 11 is 14.5. The highest BCUT2D eigenvalue weighted by molar-refractivity contribution is 7.99. The number of hydrogen-bond acceptors (Lipinski definition) is 4. The molecule has 0 saturated carbocycles. The zero-order valence-corrected chi connectivity index (χ0v) is 13.1. The summed E-state index contributed by atoms with van der Waals surface area (Å²) in [6, 6.07) is 5.23. The topological polar surface area (TPSA) is 42.0 Å². The van der Waals surface area contributed by atoms with Crippen molar-refractivity contribution in [2.75, 3.05) is 11.1 Å². The molecule has 1 amide bonds. The fraction of sp³-hybridized carbons (Fsp3) is 0.167. The van der Waals surface area contributed by atoms with Gasteiger partial charge in [0.15, 0.2) is 0 Å². The van der Waals surface area contributed by atoms with Gasteiger partial charge in [-0.25, -0.2) is 4.98 Å². The number of halogens is 2. The van der Waals surface area contributed by atoms with E-state index in [0.29, 0.717) is 19.9 Å². The van der Waals surface area contributed by atoms with Crippen molar-refractivity contribution >= 4 is 57.9 Å². The van der Waals surface area contributed by atoms with E-state index in [9.17, 15) is 4.79 Å². The third-order valence-corrected chi connectivity index (χ3v) is 4.50. The molecule has 0 saturated heterocycles. The molecule has 19 heavy (non-hydrogen) atoms. The molecular weight excluding hydrogens is 323 g/mol. The van der Waals surface area contributed by atoms with Crippen molar-refractivity contribution in [3.63, 3.8) is 0 Å². The summed E-state index contributed by atoms with van der Waals surface area (Å²) in [5.74, 6) is 0.674. The van der Waals surface area contributed by atoms with Gasteiger partial charge in [0, 0.05) is 0 Å². The molecule has 1 N–H and O–H groups in total. The van der Waals surface area contributed by atoms with Crippen molar-refractivity contribution in [1.29, 1.82) is 0 Å². The van der Waals surface area contributed by atoms with Crippen molar-refractivity contribution in [3.8, 4) is 0 Å². The first-order valence-corrected chi connectivity index (χ1v) is 8.01. The second kappa shape index (κ2) is 6.61. The van der Waals surface area contributed by atoms with Crippen LogP contribution < -0.4 is 5.32 Å². The first kappa shape index (κ1) is 14.7. The Bertz CT molecular complexity index is 584. The molecule has 2 heterocycles. The summed E-state index contributed by atoms with van der Waals surface area (Å²) < 4.78 is 0.872. The molecule has 0 spiro atoms. The highest BCUT2D eigenvalue weighted by Gasteiger charge is 2.14. The van der Waals surface area contributed by atoms with Gasteiger partial charge in [-0.15, -0.1) is 23.1 Å². The third kappa shape index (κ3) is 3.86. The third-order valence-electron chi connectivity index (χ3n) is 2.19. The quantitative estimate of drug-likeness (QED) is 0.816. The molecule has 7 heteroatoms. The second-order valence-corrected chi connectivity index (χ2v) is 7.08. The van der Waals surface area contributed by atoms with E-state index in [1.165, 1.54) is 11.3 Å². The smallest absolute Gasteiger partial charge is 0.258 e. The molecule has 3 nitrogen and oxygen atoms in total. The normalized spacial score (nSPS) is 10.5. The van der Waals surface area contributed by atoms with Crippen molar-refractivity contribution in [2.45, 2.75) is 11.9 Å². The molecule has 0 atom stereocenters. The van der Waals surface area contributed by atoms with Crippen LogP contribution in [0.1, 0.15) is 17.3 Å². The Kier molecular flexibility index (Phi) is 5.10. The lowest BCUT2D eigenvalue weighted by atomic mass is 10.3. The number of carbonyl (C=O) groups is 1. The minimum Gasteiger partial charge on any atom is -0.321 e. The Morgan fingerprint density at radius 3 is 2.79 bits per heavy atom. The molecule has 0 fully saturated rings. The number of anilines is 1. The minimum atomic E-state index is -0.286. The zero-order chi connectivity index (χ0) is 13.8. The average Bonchev–Trinajstić information content (AvgIpc) is 2.71. The van der Waals surface area contributed by atoms with E-state index >= 15 is 0 Å². The lowest BCUT2D eigenvalue weighted by molar-refractivity contribution is 0.102. The SMILES string of the molecule is CCSc1ccc(NC(=O)c2cc(Cl)sc2Cl)cn1. The number of aromatic nitrogens is 1. The van der Waals surface area contributed by atoms with E-state index in [4.69, 9.17) is 23.2 Å². The van der Waals surface area contributed by atoms with Gasteiger partial charge in [-0.1, -0.05) is 30.1 Å². The van der Waals surface area contributed by atoms with Crippen LogP contribution in [-0.4, -0.2) is 16.6 Å². The minimum absolute atomic E-state index is 0.286. The van der Waals surface area contributed by atoms with Gasteiger partial charge in [-0.3, -0.25) is 4.79 Å². The van der Waals surface area contributed by atoms with Crippen molar-refractivity contribution in [2.24, 2.45) is 0 Å². The molecule has 0 radical (unpaired) electrons. The van der Waals surface area contributed by atoms with Crippen LogP contribution in [0.2, 0.25) is 8.67 Å². The van der Waals surface area contributed by atoms with Crippen LogP contribution in [0.15, 0.2) is 29.4 Å². The lowest BCUT2D eigenvalue weighted by Crippen LogP contribution is -2.11. The fourth-order valence-corrected chi connectivity index (χ4v) is 3.43. The number of nitrogens with one attached hydrogen (secondary N) is 1. The molecular formula is C12H10Cl2N2OS2. The van der Waals surface area contributed by atoms with Crippen LogP contribution >= 0.6 is 46.3 Å². The first-order chi connectivity index (χ1) is 9.10. The van der Waals surface area contributed by atoms with E-state index in [-0.39, 0.29) is 5.91 Å². The molecule has 2 aromatic heterocycles. The van der Waals surface area contributed by atoms with E-state index < -0.39 is 0 Å². The van der Waals surface area contributed by atoms with E-state index in [0.717, 1.165) is 10.8 Å². The van der Waals surface area contributed by atoms with Crippen LogP contribution in [0.4, 0.5) is 5.69 Å². The largest absolute Gasteiger partial charge is 0.321 e. The predicted octanol–water partition coefficient (Wildman–Crippen LogP) is 4.81. The lowest BCUT2D eigenvalue weighted by Gasteiger charge is -2.04. The zero-order valence-electron chi connectivity index (χ0n) is 9.94. The number of amides is 1. The van der Waals surface area contributed by atoms with Crippen molar-refractivity contribution < 1.29 is 4.79 Å².